The van der Waals surface area contributed by atoms with Crippen molar-refractivity contribution in [3.8, 4) is 0 Å². The first kappa shape index (κ1) is 10.4. The molecule has 64 valence electrons. The monoisotopic (exact) mass is 198 g/mol. The van der Waals surface area contributed by atoms with Crippen molar-refractivity contribution in [1.29, 1.82) is 0 Å². The molecule has 3 N–H and O–H groups in total. The van der Waals surface area contributed by atoms with E-state index in [1.807, 2.05) is 0 Å². The summed E-state index contributed by atoms with van der Waals surface area (Å²) in [7, 11) is -5.18. The zero-order valence-corrected chi connectivity index (χ0v) is 6.84. The van der Waals surface area contributed by atoms with Crippen LogP contribution in [0.5, 0.6) is 0 Å². The number of hydrogen-bond donors (Lipinski definition) is 3. The van der Waals surface area contributed by atoms with Gasteiger partial charge < -0.3 is 4.98 Å². The van der Waals surface area contributed by atoms with Gasteiger partial charge in [0.1, 0.15) is 0 Å². The Hall–Kier alpha value is -0.570. The maximum atomic E-state index is 9.26. The van der Waals surface area contributed by atoms with Crippen LogP contribution in [0.25, 0.3) is 0 Å². The third-order valence-electron chi connectivity index (χ3n) is 0.528. The molecule has 11 heavy (non-hydrogen) atoms. The number of hydrogen-bond acceptors (Lipinski definition) is 3. The molecule has 0 saturated heterocycles. The molecule has 2 atom stereocenters. The van der Waals surface area contributed by atoms with Crippen LogP contribution in [0.3, 0.4) is 0 Å². The van der Waals surface area contributed by atoms with E-state index < -0.39 is 20.2 Å². The second kappa shape index (κ2) is 6.16. The second-order valence-electron chi connectivity index (χ2n) is 1.19. The van der Waals surface area contributed by atoms with Crippen molar-refractivity contribution in [3.05, 3.63) is 18.7 Å². The molecule has 0 aliphatic heterocycles. The lowest BCUT2D eigenvalue weighted by atomic mass is 11.0. The van der Waals surface area contributed by atoms with Gasteiger partial charge in [-0.25, -0.2) is 13.4 Å². The van der Waals surface area contributed by atoms with Gasteiger partial charge in [0, 0.05) is 12.4 Å². The fourth-order valence-electron chi connectivity index (χ4n) is 0.215. The summed E-state index contributed by atoms with van der Waals surface area (Å²) in [6.07, 6.45) is 5.08. The molecule has 1 rings (SSSR count). The van der Waals surface area contributed by atoms with Crippen LogP contribution >= 0.6 is 0 Å². The molecular weight excluding hydrogens is 192 g/mol. The quantitative estimate of drug-likeness (QED) is 0.426. The van der Waals surface area contributed by atoms with E-state index in [1.54, 1.807) is 18.7 Å². The lowest BCUT2D eigenvalue weighted by molar-refractivity contribution is 0.548. The van der Waals surface area contributed by atoms with Crippen LogP contribution in [-0.2, 0) is 20.2 Å². The van der Waals surface area contributed by atoms with E-state index in [0.717, 1.165) is 0 Å². The minimum absolute atomic E-state index is 1.62. The molecule has 0 saturated carbocycles. The van der Waals surface area contributed by atoms with Crippen LogP contribution < -0.4 is 0 Å². The first-order chi connectivity index (χ1) is 5.14. The fraction of sp³-hybridized carbons (Fsp3) is 0. The highest BCUT2D eigenvalue weighted by molar-refractivity contribution is 8.56. The molecular formula is C3H6N2O4S2. The SMILES string of the molecule is O=S(O)S(=O)O.c1c[nH]cn1. The highest BCUT2D eigenvalue weighted by Gasteiger charge is 1.95. The average Bonchev–Trinajstić information content (AvgIpc) is 2.41. The number of nitrogens with one attached hydrogen (secondary N) is 1. The van der Waals surface area contributed by atoms with E-state index in [4.69, 9.17) is 9.11 Å². The molecule has 1 aromatic rings. The van der Waals surface area contributed by atoms with Crippen LogP contribution in [-0.4, -0.2) is 27.5 Å². The summed E-state index contributed by atoms with van der Waals surface area (Å²) in [5, 5.41) is 0. The van der Waals surface area contributed by atoms with Crippen molar-refractivity contribution in [2.75, 3.05) is 0 Å². The molecule has 0 aromatic carbocycles. The Morgan fingerprint density at radius 3 is 1.91 bits per heavy atom. The van der Waals surface area contributed by atoms with Gasteiger partial charge in [0.15, 0.2) is 0 Å². The Bertz CT molecular complexity index is 194. The van der Waals surface area contributed by atoms with Gasteiger partial charge >= 0.3 is 0 Å². The largest absolute Gasteiger partial charge is 0.351 e. The van der Waals surface area contributed by atoms with Gasteiger partial charge in [-0.05, 0) is 0 Å². The Balaban J connectivity index is 0.000000183. The topological polar surface area (TPSA) is 103 Å². The van der Waals surface area contributed by atoms with Crippen LogP contribution in [0.2, 0.25) is 0 Å². The summed E-state index contributed by atoms with van der Waals surface area (Å²) in [4.78, 5) is 6.42. The number of rotatable bonds is 1. The predicted octanol–water partition coefficient (Wildman–Crippen LogP) is -0.245. The van der Waals surface area contributed by atoms with Crippen molar-refractivity contribution in [2.45, 2.75) is 0 Å². The standard InChI is InChI=1S/C3H4N2.H2O4S2/c1-2-5-3-4-1;1-5(2)6(3)4/h1-3H,(H,4,5);(H,1,2)(H,3,4). The van der Waals surface area contributed by atoms with Crippen LogP contribution in [0.1, 0.15) is 0 Å². The number of nitrogens with zero attached hydrogens (tertiary/aromatic N) is 1. The summed E-state index contributed by atoms with van der Waals surface area (Å²) in [6, 6.07) is 0. The average molecular weight is 198 g/mol. The lowest BCUT2D eigenvalue weighted by Gasteiger charge is -1.74. The van der Waals surface area contributed by atoms with E-state index in [0.29, 0.717) is 0 Å². The third-order valence-corrected chi connectivity index (χ3v) is 1.50. The minimum atomic E-state index is -2.59. The third kappa shape index (κ3) is 7.33. The number of aromatic nitrogens is 2. The molecule has 2 unspecified atom stereocenters. The molecule has 1 heterocycles. The summed E-state index contributed by atoms with van der Waals surface area (Å²) in [6.45, 7) is 0. The van der Waals surface area contributed by atoms with E-state index in [1.165, 1.54) is 0 Å². The molecule has 0 aliphatic carbocycles. The minimum Gasteiger partial charge on any atom is -0.351 e. The molecule has 0 amide bonds. The van der Waals surface area contributed by atoms with Crippen molar-refractivity contribution in [2.24, 2.45) is 0 Å². The fourth-order valence-corrected chi connectivity index (χ4v) is 0.215. The Morgan fingerprint density at radius 2 is 1.82 bits per heavy atom. The number of imidazole rings is 1. The van der Waals surface area contributed by atoms with Gasteiger partial charge in [0.25, 0.3) is 20.2 Å². The van der Waals surface area contributed by atoms with Crippen molar-refractivity contribution >= 4 is 20.2 Å². The van der Waals surface area contributed by atoms with Crippen molar-refractivity contribution < 1.29 is 17.5 Å². The van der Waals surface area contributed by atoms with Gasteiger partial charge in [-0.1, -0.05) is 0 Å². The van der Waals surface area contributed by atoms with Gasteiger partial charge in [0.2, 0.25) is 0 Å². The van der Waals surface area contributed by atoms with Crippen LogP contribution in [0.15, 0.2) is 18.7 Å². The number of aromatic amines is 1. The van der Waals surface area contributed by atoms with Crippen LogP contribution in [0.4, 0.5) is 0 Å². The van der Waals surface area contributed by atoms with Crippen LogP contribution in [0, 0.1) is 0 Å². The maximum Gasteiger partial charge on any atom is 0.274 e. The molecule has 8 heteroatoms. The van der Waals surface area contributed by atoms with Gasteiger partial charge in [-0.2, -0.15) is 0 Å². The first-order valence-corrected chi connectivity index (χ1v) is 5.02. The zero-order valence-electron chi connectivity index (χ0n) is 5.21. The summed E-state index contributed by atoms with van der Waals surface area (Å²) < 4.78 is 33.6. The first-order valence-electron chi connectivity index (χ1n) is 2.29. The normalized spacial score (nSPS) is 14.4. The molecule has 0 spiro atoms. The summed E-state index contributed by atoms with van der Waals surface area (Å²) in [5.74, 6) is 0. The van der Waals surface area contributed by atoms with Gasteiger partial charge in [-0.15, -0.1) is 0 Å². The molecule has 1 aromatic heterocycles. The highest BCUT2D eigenvalue weighted by atomic mass is 33.2. The van der Waals surface area contributed by atoms with Crippen molar-refractivity contribution in [1.82, 2.24) is 9.97 Å². The predicted molar refractivity (Wildman–Crippen MR) is 40.1 cm³/mol. The van der Waals surface area contributed by atoms with E-state index in [-0.39, 0.29) is 0 Å². The zero-order chi connectivity index (χ0) is 8.69. The molecule has 6 nitrogen and oxygen atoms in total. The summed E-state index contributed by atoms with van der Waals surface area (Å²) >= 11 is 0. The van der Waals surface area contributed by atoms with Gasteiger partial charge in [0.05, 0.1) is 6.33 Å². The maximum absolute atomic E-state index is 9.26. The van der Waals surface area contributed by atoms with E-state index >= 15 is 0 Å². The number of H-pyrrole nitrogens is 1. The molecule has 0 radical (unpaired) electrons. The lowest BCUT2D eigenvalue weighted by Crippen LogP contribution is -1.93. The highest BCUT2D eigenvalue weighted by Crippen LogP contribution is 1.74. The van der Waals surface area contributed by atoms with Crippen molar-refractivity contribution in [3.63, 3.8) is 0 Å². The molecule has 0 bridgehead atoms. The van der Waals surface area contributed by atoms with E-state index in [2.05, 4.69) is 9.97 Å². The molecule has 0 aliphatic rings. The molecule has 0 fully saturated rings. The second-order valence-corrected chi connectivity index (χ2v) is 3.77. The van der Waals surface area contributed by atoms with Gasteiger partial charge in [-0.3, -0.25) is 9.11 Å². The summed E-state index contributed by atoms with van der Waals surface area (Å²) in [5.41, 5.74) is 0. The Labute approximate surface area is 67.0 Å². The van der Waals surface area contributed by atoms with E-state index in [9.17, 15) is 8.42 Å². The Kier molecular flexibility index (Phi) is 5.84. The Morgan fingerprint density at radius 1 is 1.27 bits per heavy atom. The smallest absolute Gasteiger partial charge is 0.274 e.